The third-order valence-electron chi connectivity index (χ3n) is 2.37. The summed E-state index contributed by atoms with van der Waals surface area (Å²) in [5.41, 5.74) is 0. The number of ether oxygens (including phenoxy) is 1. The molecule has 0 atom stereocenters. The Labute approximate surface area is 123 Å². The Balaban J connectivity index is 2.43. The molecule has 3 N–H and O–H groups in total. The maximum atomic E-state index is 11.6. The standard InChI is InChI=1S/C10H18N2O5S3/c1-17-7-2-8-19(13,14)12-6-5-9-3-4-10(18-9)20(11,15)16/h3-4,12H,2,5-8H2,1H3,(H2,11,15,16). The molecule has 10 heteroatoms. The summed E-state index contributed by atoms with van der Waals surface area (Å²) in [7, 11) is -5.48. The van der Waals surface area contributed by atoms with E-state index in [0.29, 0.717) is 19.4 Å². The van der Waals surface area contributed by atoms with E-state index in [2.05, 4.69) is 4.72 Å². The van der Waals surface area contributed by atoms with Gasteiger partial charge in [0.1, 0.15) is 4.21 Å². The van der Waals surface area contributed by atoms with Crippen molar-refractivity contribution in [1.29, 1.82) is 0 Å². The predicted molar refractivity (Wildman–Crippen MR) is 77.7 cm³/mol. The molecule has 0 aliphatic carbocycles. The van der Waals surface area contributed by atoms with Gasteiger partial charge in [-0.15, -0.1) is 11.3 Å². The lowest BCUT2D eigenvalue weighted by Crippen LogP contribution is -2.28. The molecule has 1 aromatic rings. The molecule has 0 spiro atoms. The number of thiophene rings is 1. The molecule has 0 saturated heterocycles. The molecule has 0 radical (unpaired) electrons. The SMILES string of the molecule is COCCCS(=O)(=O)NCCc1ccc(S(N)(=O)=O)s1. The molecule has 1 heterocycles. The van der Waals surface area contributed by atoms with Crippen molar-refractivity contribution < 1.29 is 21.6 Å². The lowest BCUT2D eigenvalue weighted by molar-refractivity contribution is 0.199. The highest BCUT2D eigenvalue weighted by molar-refractivity contribution is 7.91. The molecule has 1 rings (SSSR count). The van der Waals surface area contributed by atoms with Gasteiger partial charge in [0.2, 0.25) is 20.0 Å². The fraction of sp³-hybridized carbons (Fsp3) is 0.600. The summed E-state index contributed by atoms with van der Waals surface area (Å²) < 4.78 is 52.7. The van der Waals surface area contributed by atoms with Crippen LogP contribution in [0.4, 0.5) is 0 Å². The van der Waals surface area contributed by atoms with Crippen LogP contribution >= 0.6 is 11.3 Å². The van der Waals surface area contributed by atoms with Crippen LogP contribution in [0, 0.1) is 0 Å². The van der Waals surface area contributed by atoms with E-state index >= 15 is 0 Å². The van der Waals surface area contributed by atoms with Gasteiger partial charge in [-0.3, -0.25) is 0 Å². The maximum absolute atomic E-state index is 11.6. The van der Waals surface area contributed by atoms with Gasteiger partial charge < -0.3 is 4.74 Å². The summed E-state index contributed by atoms with van der Waals surface area (Å²) in [6, 6.07) is 3.05. The van der Waals surface area contributed by atoms with Gasteiger partial charge in [-0.25, -0.2) is 26.7 Å². The van der Waals surface area contributed by atoms with E-state index in [1.54, 1.807) is 6.07 Å². The second-order valence-electron chi connectivity index (χ2n) is 4.08. The minimum atomic E-state index is -3.68. The fourth-order valence-corrected chi connectivity index (χ4v) is 4.27. The first kappa shape index (κ1) is 17.5. The zero-order valence-electron chi connectivity index (χ0n) is 11.0. The minimum Gasteiger partial charge on any atom is -0.385 e. The van der Waals surface area contributed by atoms with Crippen LogP contribution in [-0.2, 0) is 31.2 Å². The molecule has 0 unspecified atom stereocenters. The van der Waals surface area contributed by atoms with Crippen LogP contribution in [0.15, 0.2) is 16.3 Å². The highest BCUT2D eigenvalue weighted by Gasteiger charge is 2.12. The molecule has 0 fully saturated rings. The Bertz CT molecular complexity index is 621. The van der Waals surface area contributed by atoms with Gasteiger partial charge in [-0.1, -0.05) is 0 Å². The van der Waals surface area contributed by atoms with Gasteiger partial charge >= 0.3 is 0 Å². The monoisotopic (exact) mass is 342 g/mol. The van der Waals surface area contributed by atoms with E-state index in [4.69, 9.17) is 9.88 Å². The van der Waals surface area contributed by atoms with Crippen LogP contribution < -0.4 is 9.86 Å². The van der Waals surface area contributed by atoms with Crippen molar-refractivity contribution in [2.24, 2.45) is 5.14 Å². The molecule has 1 aromatic heterocycles. The van der Waals surface area contributed by atoms with E-state index in [0.717, 1.165) is 16.2 Å². The molecular weight excluding hydrogens is 324 g/mol. The summed E-state index contributed by atoms with van der Waals surface area (Å²) in [5.74, 6) is 0.00765. The quantitative estimate of drug-likeness (QED) is 0.608. The lowest BCUT2D eigenvalue weighted by atomic mass is 10.3. The molecule has 0 saturated carbocycles. The van der Waals surface area contributed by atoms with Crippen LogP contribution in [0.3, 0.4) is 0 Å². The number of primary sulfonamides is 1. The van der Waals surface area contributed by atoms with Gasteiger partial charge in [0, 0.05) is 25.1 Å². The first-order valence-electron chi connectivity index (χ1n) is 5.82. The zero-order chi connectivity index (χ0) is 15.2. The molecule has 0 aliphatic rings. The van der Waals surface area contributed by atoms with E-state index in [1.807, 2.05) is 0 Å². The van der Waals surface area contributed by atoms with Crippen molar-refractivity contribution in [1.82, 2.24) is 4.72 Å². The van der Waals surface area contributed by atoms with Crippen molar-refractivity contribution in [3.63, 3.8) is 0 Å². The number of hydrogen-bond donors (Lipinski definition) is 2. The number of rotatable bonds is 9. The maximum Gasteiger partial charge on any atom is 0.247 e. The third-order valence-corrected chi connectivity index (χ3v) is 6.43. The highest BCUT2D eigenvalue weighted by atomic mass is 32.2. The van der Waals surface area contributed by atoms with E-state index in [9.17, 15) is 16.8 Å². The number of nitrogens with one attached hydrogen (secondary N) is 1. The summed E-state index contributed by atoms with van der Waals surface area (Å²) >= 11 is 1.04. The third kappa shape index (κ3) is 6.29. The Morgan fingerprint density at radius 2 is 2.00 bits per heavy atom. The zero-order valence-corrected chi connectivity index (χ0v) is 13.5. The van der Waals surface area contributed by atoms with Crippen molar-refractivity contribution in [3.8, 4) is 0 Å². The van der Waals surface area contributed by atoms with Crippen LogP contribution in [0.25, 0.3) is 0 Å². The Morgan fingerprint density at radius 1 is 1.30 bits per heavy atom. The van der Waals surface area contributed by atoms with Gasteiger partial charge in [-0.05, 0) is 25.0 Å². The average molecular weight is 342 g/mol. The lowest BCUT2D eigenvalue weighted by Gasteiger charge is -2.05. The van der Waals surface area contributed by atoms with E-state index in [1.165, 1.54) is 13.2 Å². The molecule has 0 aliphatic heterocycles. The normalized spacial score (nSPS) is 12.7. The Morgan fingerprint density at radius 3 is 2.55 bits per heavy atom. The number of hydrogen-bond acceptors (Lipinski definition) is 6. The summed E-state index contributed by atoms with van der Waals surface area (Å²) in [6.07, 6.45) is 0.851. The van der Waals surface area contributed by atoms with E-state index < -0.39 is 20.0 Å². The van der Waals surface area contributed by atoms with Gasteiger partial charge in [0.15, 0.2) is 0 Å². The summed E-state index contributed by atoms with van der Waals surface area (Å²) in [6.45, 7) is 0.615. The second kappa shape index (κ2) is 7.48. The van der Waals surface area contributed by atoms with Crippen molar-refractivity contribution >= 4 is 31.4 Å². The van der Waals surface area contributed by atoms with Gasteiger partial charge in [-0.2, -0.15) is 0 Å². The molecule has 20 heavy (non-hydrogen) atoms. The second-order valence-corrected chi connectivity index (χ2v) is 8.96. The van der Waals surface area contributed by atoms with Crippen LogP contribution in [0.2, 0.25) is 0 Å². The van der Waals surface area contributed by atoms with Crippen LogP contribution in [0.5, 0.6) is 0 Å². The minimum absolute atomic E-state index is 0.00765. The highest BCUT2D eigenvalue weighted by Crippen LogP contribution is 2.20. The van der Waals surface area contributed by atoms with Crippen LogP contribution in [-0.4, -0.2) is 42.8 Å². The van der Waals surface area contributed by atoms with Crippen LogP contribution in [0.1, 0.15) is 11.3 Å². The molecule has 0 bridgehead atoms. The summed E-state index contributed by atoms with van der Waals surface area (Å²) in [4.78, 5) is 0.758. The average Bonchev–Trinajstić information content (AvgIpc) is 2.77. The fourth-order valence-electron chi connectivity index (χ4n) is 1.44. The smallest absolute Gasteiger partial charge is 0.247 e. The first-order valence-corrected chi connectivity index (χ1v) is 9.84. The van der Waals surface area contributed by atoms with Crippen molar-refractivity contribution in [2.75, 3.05) is 26.0 Å². The van der Waals surface area contributed by atoms with Gasteiger partial charge in [0.05, 0.1) is 5.75 Å². The number of nitrogens with two attached hydrogens (primary N) is 1. The van der Waals surface area contributed by atoms with E-state index in [-0.39, 0.29) is 16.5 Å². The predicted octanol–water partition coefficient (Wildman–Crippen LogP) is -0.106. The largest absolute Gasteiger partial charge is 0.385 e. The van der Waals surface area contributed by atoms with Crippen molar-refractivity contribution in [3.05, 3.63) is 17.0 Å². The number of sulfonamides is 2. The number of methoxy groups -OCH3 is 1. The molecule has 7 nitrogen and oxygen atoms in total. The van der Waals surface area contributed by atoms with Crippen molar-refractivity contribution in [2.45, 2.75) is 17.1 Å². The topological polar surface area (TPSA) is 116 Å². The summed E-state index contributed by atoms with van der Waals surface area (Å²) in [5, 5.41) is 5.00. The first-order chi connectivity index (χ1) is 9.24. The molecule has 116 valence electrons. The Hall–Kier alpha value is -0.520. The Kier molecular flexibility index (Phi) is 6.55. The molecule has 0 aromatic carbocycles. The molecule has 0 amide bonds. The molecular formula is C10H18N2O5S3. The van der Waals surface area contributed by atoms with Gasteiger partial charge in [0.25, 0.3) is 0 Å².